The number of carboxylic acid groups (broad SMARTS) is 1. The number of carboxylic acids is 1. The number of hydrogen-bond donors (Lipinski definition) is 1. The van der Waals surface area contributed by atoms with Gasteiger partial charge in [0, 0.05) is 38.4 Å². The van der Waals surface area contributed by atoms with E-state index in [-0.39, 0.29) is 12.8 Å². The number of methoxy groups -OCH3 is 1. The van der Waals surface area contributed by atoms with Gasteiger partial charge >= 0.3 is 5.97 Å². The van der Waals surface area contributed by atoms with E-state index in [1.54, 1.807) is 19.2 Å². The average Bonchev–Trinajstić information content (AvgIpc) is 2.69. The van der Waals surface area contributed by atoms with Crippen LogP contribution in [0.4, 0.5) is 10.1 Å². The second-order valence-corrected chi connectivity index (χ2v) is 6.98. The fourth-order valence-corrected chi connectivity index (χ4v) is 3.45. The Kier molecular flexibility index (Phi) is 6.87. The van der Waals surface area contributed by atoms with Crippen molar-refractivity contribution in [3.8, 4) is 5.75 Å². The molecule has 0 spiro atoms. The maximum absolute atomic E-state index is 14.1. The van der Waals surface area contributed by atoms with Crippen LogP contribution in [0.15, 0.2) is 36.4 Å². The van der Waals surface area contributed by atoms with Crippen LogP contribution in [-0.2, 0) is 29.0 Å². The number of anilines is 1. The molecule has 0 amide bonds. The molecule has 0 aromatic heterocycles. The molecular weight excluding hydrogens is 361 g/mol. The molecule has 0 saturated heterocycles. The fourth-order valence-electron chi connectivity index (χ4n) is 3.45. The van der Waals surface area contributed by atoms with Gasteiger partial charge in [-0.15, -0.1) is 0 Å². The quantitative estimate of drug-likeness (QED) is 0.709. The van der Waals surface area contributed by atoms with E-state index in [1.807, 2.05) is 0 Å². The number of halogens is 1. The molecular formula is C22H26FNO4. The van der Waals surface area contributed by atoms with Crippen LogP contribution in [0.5, 0.6) is 5.75 Å². The van der Waals surface area contributed by atoms with Crippen molar-refractivity contribution in [1.82, 2.24) is 0 Å². The Bertz CT molecular complexity index is 824. The standard InChI is InChI=1S/C22H26FNO4/c1-27-12-11-24-10-2-3-18-5-4-16(13-21(18)24)15-28-19-8-6-17(20(23)14-19)7-9-22(25)26/h4-6,8,13-14H,2-3,7,9-12,15H2,1H3,(H,25,26). The molecule has 1 aliphatic rings. The third-order valence-corrected chi connectivity index (χ3v) is 4.97. The van der Waals surface area contributed by atoms with Gasteiger partial charge in [-0.2, -0.15) is 0 Å². The Morgan fingerprint density at radius 1 is 1.25 bits per heavy atom. The molecule has 0 atom stereocenters. The van der Waals surface area contributed by atoms with E-state index in [0.717, 1.165) is 31.5 Å². The SMILES string of the molecule is COCCN1CCCc2ccc(COc3ccc(CCC(=O)O)c(F)c3)cc21. The second kappa shape index (κ2) is 9.55. The molecule has 150 valence electrons. The van der Waals surface area contributed by atoms with E-state index in [1.165, 1.54) is 17.3 Å². The largest absolute Gasteiger partial charge is 0.489 e. The van der Waals surface area contributed by atoms with Crippen LogP contribution in [0, 0.1) is 5.82 Å². The molecule has 0 bridgehead atoms. The first-order valence-corrected chi connectivity index (χ1v) is 9.55. The molecule has 2 aromatic carbocycles. The molecule has 28 heavy (non-hydrogen) atoms. The van der Waals surface area contributed by atoms with Gasteiger partial charge in [-0.25, -0.2) is 4.39 Å². The van der Waals surface area contributed by atoms with Gasteiger partial charge in [-0.05, 0) is 48.1 Å². The van der Waals surface area contributed by atoms with Gasteiger partial charge < -0.3 is 19.5 Å². The highest BCUT2D eigenvalue weighted by Crippen LogP contribution is 2.29. The van der Waals surface area contributed by atoms with Crippen molar-refractivity contribution in [2.75, 3.05) is 31.7 Å². The number of benzene rings is 2. The van der Waals surface area contributed by atoms with Crippen LogP contribution in [0.25, 0.3) is 0 Å². The normalized spacial score (nSPS) is 13.3. The van der Waals surface area contributed by atoms with Crippen molar-refractivity contribution < 1.29 is 23.8 Å². The van der Waals surface area contributed by atoms with Crippen molar-refractivity contribution >= 4 is 11.7 Å². The van der Waals surface area contributed by atoms with Gasteiger partial charge in [0.2, 0.25) is 0 Å². The highest BCUT2D eigenvalue weighted by Gasteiger charge is 2.17. The summed E-state index contributed by atoms with van der Waals surface area (Å²) in [5, 5.41) is 8.72. The van der Waals surface area contributed by atoms with E-state index < -0.39 is 11.8 Å². The zero-order valence-corrected chi connectivity index (χ0v) is 16.1. The summed E-state index contributed by atoms with van der Waals surface area (Å²) in [6.07, 6.45) is 2.29. The Morgan fingerprint density at radius 3 is 2.86 bits per heavy atom. The smallest absolute Gasteiger partial charge is 0.303 e. The number of aryl methyl sites for hydroxylation is 2. The minimum Gasteiger partial charge on any atom is -0.489 e. The molecule has 1 aliphatic heterocycles. The summed E-state index contributed by atoms with van der Waals surface area (Å²) in [6, 6.07) is 10.9. The van der Waals surface area contributed by atoms with Crippen molar-refractivity contribution in [3.63, 3.8) is 0 Å². The lowest BCUT2D eigenvalue weighted by atomic mass is 9.99. The monoisotopic (exact) mass is 387 g/mol. The maximum atomic E-state index is 14.1. The van der Waals surface area contributed by atoms with Crippen molar-refractivity contribution in [2.24, 2.45) is 0 Å². The van der Waals surface area contributed by atoms with E-state index >= 15 is 0 Å². The molecule has 5 nitrogen and oxygen atoms in total. The van der Waals surface area contributed by atoms with Crippen LogP contribution in [0.1, 0.15) is 29.5 Å². The first kappa shape index (κ1) is 20.1. The Morgan fingerprint density at radius 2 is 2.11 bits per heavy atom. The van der Waals surface area contributed by atoms with Gasteiger partial charge in [-0.1, -0.05) is 18.2 Å². The molecule has 1 heterocycles. The lowest BCUT2D eigenvalue weighted by Gasteiger charge is -2.31. The summed E-state index contributed by atoms with van der Waals surface area (Å²) in [7, 11) is 1.71. The van der Waals surface area contributed by atoms with Gasteiger partial charge in [0.05, 0.1) is 6.61 Å². The predicted octanol–water partition coefficient (Wildman–Crippen LogP) is 3.82. The number of nitrogens with zero attached hydrogens (tertiary/aromatic N) is 1. The van der Waals surface area contributed by atoms with Crippen LogP contribution in [-0.4, -0.2) is 37.9 Å². The molecule has 1 N–H and O–H groups in total. The Labute approximate surface area is 164 Å². The number of aliphatic carboxylic acids is 1. The van der Waals surface area contributed by atoms with E-state index in [0.29, 0.717) is 24.5 Å². The fraction of sp³-hybridized carbons (Fsp3) is 0.409. The van der Waals surface area contributed by atoms with Gasteiger partial charge in [-0.3, -0.25) is 4.79 Å². The van der Waals surface area contributed by atoms with E-state index in [9.17, 15) is 9.18 Å². The number of hydrogen-bond acceptors (Lipinski definition) is 4. The van der Waals surface area contributed by atoms with E-state index in [2.05, 4.69) is 23.1 Å². The average molecular weight is 387 g/mol. The topological polar surface area (TPSA) is 59.0 Å². The van der Waals surface area contributed by atoms with Crippen molar-refractivity contribution in [1.29, 1.82) is 0 Å². The van der Waals surface area contributed by atoms with Crippen molar-refractivity contribution in [3.05, 3.63) is 58.9 Å². The van der Waals surface area contributed by atoms with Gasteiger partial charge in [0.15, 0.2) is 0 Å². The lowest BCUT2D eigenvalue weighted by Crippen LogP contribution is -2.32. The number of ether oxygens (including phenoxy) is 2. The lowest BCUT2D eigenvalue weighted by molar-refractivity contribution is -0.136. The van der Waals surface area contributed by atoms with Crippen molar-refractivity contribution in [2.45, 2.75) is 32.3 Å². The number of rotatable bonds is 9. The summed E-state index contributed by atoms with van der Waals surface area (Å²) >= 11 is 0. The summed E-state index contributed by atoms with van der Waals surface area (Å²) in [5.74, 6) is -0.938. The van der Waals surface area contributed by atoms with E-state index in [4.69, 9.17) is 14.6 Å². The summed E-state index contributed by atoms with van der Waals surface area (Å²) in [6.45, 7) is 2.91. The minimum absolute atomic E-state index is 0.0914. The molecule has 3 rings (SSSR count). The number of carbonyl (C=O) groups is 1. The molecule has 0 radical (unpaired) electrons. The minimum atomic E-state index is -0.938. The summed E-state index contributed by atoms with van der Waals surface area (Å²) in [4.78, 5) is 13.0. The second-order valence-electron chi connectivity index (χ2n) is 6.98. The van der Waals surface area contributed by atoms with Gasteiger partial charge in [0.1, 0.15) is 18.2 Å². The molecule has 0 fully saturated rings. The molecule has 2 aromatic rings. The predicted molar refractivity (Wildman–Crippen MR) is 106 cm³/mol. The van der Waals surface area contributed by atoms with Gasteiger partial charge in [0.25, 0.3) is 0 Å². The third-order valence-electron chi connectivity index (χ3n) is 4.97. The molecule has 0 aliphatic carbocycles. The molecule has 0 saturated carbocycles. The Balaban J connectivity index is 1.64. The molecule has 6 heteroatoms. The van der Waals surface area contributed by atoms with Crippen LogP contribution in [0.3, 0.4) is 0 Å². The first-order chi connectivity index (χ1) is 13.6. The van der Waals surface area contributed by atoms with Crippen LogP contribution in [0.2, 0.25) is 0 Å². The zero-order valence-electron chi connectivity index (χ0n) is 16.1. The van der Waals surface area contributed by atoms with Crippen LogP contribution >= 0.6 is 0 Å². The number of fused-ring (bicyclic) bond motifs is 1. The highest BCUT2D eigenvalue weighted by molar-refractivity contribution is 5.67. The first-order valence-electron chi connectivity index (χ1n) is 9.55. The maximum Gasteiger partial charge on any atom is 0.303 e. The highest BCUT2D eigenvalue weighted by atomic mass is 19.1. The third kappa shape index (κ3) is 5.23. The summed E-state index contributed by atoms with van der Waals surface area (Å²) < 4.78 is 25.1. The zero-order chi connectivity index (χ0) is 19.9. The molecule has 0 unspecified atom stereocenters. The summed E-state index contributed by atoms with van der Waals surface area (Å²) in [5.41, 5.74) is 3.97. The Hall–Kier alpha value is -2.60. The van der Waals surface area contributed by atoms with Crippen LogP contribution < -0.4 is 9.64 Å².